The third kappa shape index (κ3) is 4.02. The Balaban J connectivity index is 1.48. The minimum Gasteiger partial charge on any atom is -0.358 e. The second-order valence-corrected chi connectivity index (χ2v) is 9.52. The Bertz CT molecular complexity index is 1310. The average molecular weight is 445 g/mol. The van der Waals surface area contributed by atoms with Crippen molar-refractivity contribution in [2.75, 3.05) is 26.7 Å². The Morgan fingerprint density at radius 3 is 2.73 bits per heavy atom. The predicted molar refractivity (Wildman–Crippen MR) is 132 cm³/mol. The number of fused-ring (bicyclic) bond motifs is 2. The van der Waals surface area contributed by atoms with Gasteiger partial charge in [-0.1, -0.05) is 25.1 Å². The van der Waals surface area contributed by atoms with Gasteiger partial charge in [0.25, 0.3) is 0 Å². The monoisotopic (exact) mass is 444 g/mol. The molecule has 7 heteroatoms. The minimum absolute atomic E-state index is 0.0939. The highest BCUT2D eigenvalue weighted by Gasteiger charge is 2.23. The zero-order valence-electron chi connectivity index (χ0n) is 19.9. The van der Waals surface area contributed by atoms with Gasteiger partial charge in [-0.05, 0) is 80.1 Å². The van der Waals surface area contributed by atoms with Crippen LogP contribution in [-0.2, 0) is 4.79 Å². The van der Waals surface area contributed by atoms with Crippen LogP contribution in [0.4, 0.5) is 0 Å². The van der Waals surface area contributed by atoms with Crippen molar-refractivity contribution < 1.29 is 4.79 Å². The lowest BCUT2D eigenvalue weighted by molar-refractivity contribution is -0.122. The van der Waals surface area contributed by atoms with E-state index in [0.717, 1.165) is 42.7 Å². The lowest BCUT2D eigenvalue weighted by Gasteiger charge is -2.31. The van der Waals surface area contributed by atoms with Gasteiger partial charge < -0.3 is 10.3 Å². The highest BCUT2D eigenvalue weighted by Crippen LogP contribution is 2.38. The van der Waals surface area contributed by atoms with Gasteiger partial charge >= 0.3 is 0 Å². The SMILES string of the molecule is CNC(=O)CN1CCC(c2ccc3[nH]c(-c4ccn5nnc(C)c5c4)c(C(C)C)c3c2)CC1. The van der Waals surface area contributed by atoms with Crippen molar-refractivity contribution in [3.8, 4) is 11.3 Å². The van der Waals surface area contributed by atoms with Gasteiger partial charge in [-0.3, -0.25) is 9.69 Å². The molecule has 1 aliphatic heterocycles. The quantitative estimate of drug-likeness (QED) is 0.483. The van der Waals surface area contributed by atoms with Crippen molar-refractivity contribution in [3.05, 3.63) is 53.3 Å². The van der Waals surface area contributed by atoms with E-state index < -0.39 is 0 Å². The molecular weight excluding hydrogens is 412 g/mol. The highest BCUT2D eigenvalue weighted by molar-refractivity contribution is 5.92. The molecule has 1 aromatic carbocycles. The number of amides is 1. The number of likely N-dealkylation sites (tertiary alicyclic amines) is 1. The van der Waals surface area contributed by atoms with Crippen molar-refractivity contribution in [3.63, 3.8) is 0 Å². The van der Waals surface area contributed by atoms with Crippen LogP contribution in [0.3, 0.4) is 0 Å². The topological polar surface area (TPSA) is 78.3 Å². The first kappa shape index (κ1) is 21.6. The third-order valence-electron chi connectivity index (χ3n) is 7.03. The van der Waals surface area contributed by atoms with Crippen LogP contribution in [0.5, 0.6) is 0 Å². The summed E-state index contributed by atoms with van der Waals surface area (Å²) in [5, 5.41) is 12.4. The van der Waals surface area contributed by atoms with Gasteiger partial charge in [-0.15, -0.1) is 5.10 Å². The highest BCUT2D eigenvalue weighted by atomic mass is 16.1. The number of aryl methyl sites for hydroxylation is 1. The van der Waals surface area contributed by atoms with Gasteiger partial charge in [0.2, 0.25) is 5.91 Å². The number of hydrogen-bond donors (Lipinski definition) is 2. The molecule has 5 rings (SSSR count). The van der Waals surface area contributed by atoms with Crippen molar-refractivity contribution in [2.45, 2.75) is 45.4 Å². The molecule has 1 saturated heterocycles. The number of pyridine rings is 1. The summed E-state index contributed by atoms with van der Waals surface area (Å²) in [5.41, 5.74) is 8.25. The molecule has 7 nitrogen and oxygen atoms in total. The number of H-pyrrole nitrogens is 1. The Morgan fingerprint density at radius 1 is 1.21 bits per heavy atom. The molecule has 0 radical (unpaired) electrons. The van der Waals surface area contributed by atoms with Crippen LogP contribution in [0, 0.1) is 6.92 Å². The molecule has 0 saturated carbocycles. The lowest BCUT2D eigenvalue weighted by Crippen LogP contribution is -2.40. The fourth-order valence-electron chi connectivity index (χ4n) is 5.18. The standard InChI is InChI=1S/C26H32N6O/c1-16(2)25-21-13-19(18-7-10-31(11-8-18)15-24(33)27-4)5-6-22(21)28-26(25)20-9-12-32-23(14-20)17(3)29-30-32/h5-6,9,12-14,16,18,28H,7-8,10-11,15H2,1-4H3,(H,27,33). The largest absolute Gasteiger partial charge is 0.358 e. The number of carbonyl (C=O) groups excluding carboxylic acids is 1. The first-order valence-corrected chi connectivity index (χ1v) is 11.8. The molecule has 172 valence electrons. The van der Waals surface area contributed by atoms with Gasteiger partial charge in [0.05, 0.1) is 23.4 Å². The molecule has 0 unspecified atom stereocenters. The van der Waals surface area contributed by atoms with Crippen molar-refractivity contribution in [1.29, 1.82) is 0 Å². The Labute approximate surface area is 194 Å². The summed E-state index contributed by atoms with van der Waals surface area (Å²) < 4.78 is 1.82. The average Bonchev–Trinajstić information content (AvgIpc) is 3.39. The number of benzene rings is 1. The molecule has 4 heterocycles. The molecule has 0 aliphatic carbocycles. The zero-order valence-corrected chi connectivity index (χ0v) is 19.9. The van der Waals surface area contributed by atoms with Crippen LogP contribution in [0.2, 0.25) is 0 Å². The van der Waals surface area contributed by atoms with E-state index in [1.807, 2.05) is 17.6 Å². The van der Waals surface area contributed by atoms with E-state index in [2.05, 4.69) is 69.7 Å². The van der Waals surface area contributed by atoms with Crippen LogP contribution < -0.4 is 5.32 Å². The van der Waals surface area contributed by atoms with Crippen LogP contribution in [0.25, 0.3) is 27.7 Å². The Hall–Kier alpha value is -3.19. The van der Waals surface area contributed by atoms with E-state index in [1.54, 1.807) is 7.05 Å². The van der Waals surface area contributed by atoms with Crippen molar-refractivity contribution in [2.24, 2.45) is 0 Å². The molecule has 1 amide bonds. The summed E-state index contributed by atoms with van der Waals surface area (Å²) in [7, 11) is 1.70. The second kappa shape index (κ2) is 8.63. The van der Waals surface area contributed by atoms with Crippen LogP contribution >= 0.6 is 0 Å². The van der Waals surface area contributed by atoms with E-state index >= 15 is 0 Å². The van der Waals surface area contributed by atoms with Crippen LogP contribution in [0.15, 0.2) is 36.5 Å². The summed E-state index contributed by atoms with van der Waals surface area (Å²) in [6.45, 7) is 8.94. The second-order valence-electron chi connectivity index (χ2n) is 9.52. The number of nitrogens with one attached hydrogen (secondary N) is 2. The van der Waals surface area contributed by atoms with Crippen molar-refractivity contribution >= 4 is 22.3 Å². The predicted octanol–water partition coefficient (Wildman–Crippen LogP) is 4.23. The number of aromatic amines is 1. The van der Waals surface area contributed by atoms with Gasteiger partial charge in [0.15, 0.2) is 0 Å². The molecule has 1 fully saturated rings. The Morgan fingerprint density at radius 2 is 2.00 bits per heavy atom. The van der Waals surface area contributed by atoms with E-state index in [1.165, 1.54) is 27.7 Å². The molecule has 3 aromatic heterocycles. The minimum atomic E-state index is 0.0939. The summed E-state index contributed by atoms with van der Waals surface area (Å²) >= 11 is 0. The van der Waals surface area contributed by atoms with Crippen molar-refractivity contribution in [1.82, 2.24) is 30.0 Å². The number of hydrogen-bond acceptors (Lipinski definition) is 4. The molecule has 33 heavy (non-hydrogen) atoms. The van der Waals surface area contributed by atoms with Gasteiger partial charge in [0, 0.05) is 29.7 Å². The summed E-state index contributed by atoms with van der Waals surface area (Å²) in [4.78, 5) is 17.7. The summed E-state index contributed by atoms with van der Waals surface area (Å²) in [6.07, 6.45) is 4.15. The Kier molecular flexibility index (Phi) is 5.66. The first-order chi connectivity index (χ1) is 15.9. The number of nitrogens with zero attached hydrogens (tertiary/aromatic N) is 4. The number of piperidine rings is 1. The van der Waals surface area contributed by atoms with Gasteiger partial charge in [-0.25, -0.2) is 4.52 Å². The van der Waals surface area contributed by atoms with Crippen LogP contribution in [-0.4, -0.2) is 57.3 Å². The van der Waals surface area contributed by atoms with Crippen LogP contribution in [0.1, 0.15) is 55.3 Å². The molecular formula is C26H32N6O. The number of likely N-dealkylation sites (N-methyl/N-ethyl adjacent to an activating group) is 1. The van der Waals surface area contributed by atoms with E-state index in [9.17, 15) is 4.79 Å². The van der Waals surface area contributed by atoms with E-state index in [4.69, 9.17) is 0 Å². The number of carbonyl (C=O) groups is 1. The van der Waals surface area contributed by atoms with E-state index in [-0.39, 0.29) is 5.91 Å². The number of rotatable bonds is 5. The third-order valence-corrected chi connectivity index (χ3v) is 7.03. The maximum absolute atomic E-state index is 11.7. The van der Waals surface area contributed by atoms with Gasteiger partial charge in [0.1, 0.15) is 0 Å². The smallest absolute Gasteiger partial charge is 0.233 e. The number of aromatic nitrogens is 4. The molecule has 4 aromatic rings. The molecule has 0 atom stereocenters. The molecule has 2 N–H and O–H groups in total. The molecule has 0 spiro atoms. The molecule has 1 aliphatic rings. The van der Waals surface area contributed by atoms with E-state index in [0.29, 0.717) is 18.4 Å². The zero-order chi connectivity index (χ0) is 23.1. The lowest BCUT2D eigenvalue weighted by atomic mass is 9.87. The first-order valence-electron chi connectivity index (χ1n) is 11.8. The normalized spacial score (nSPS) is 15.7. The molecule has 0 bridgehead atoms. The maximum Gasteiger partial charge on any atom is 0.233 e. The maximum atomic E-state index is 11.7. The summed E-state index contributed by atoms with van der Waals surface area (Å²) in [6, 6.07) is 11.2. The van der Waals surface area contributed by atoms with Gasteiger partial charge in [-0.2, -0.15) is 0 Å². The summed E-state index contributed by atoms with van der Waals surface area (Å²) in [5.74, 6) is 1.01. The fraction of sp³-hybridized carbons (Fsp3) is 0.423. The fourth-order valence-corrected chi connectivity index (χ4v) is 5.18.